The third kappa shape index (κ3) is 1.86. The third-order valence-corrected chi connectivity index (χ3v) is 2.65. The largest absolute Gasteiger partial charge is 0.352 e. The summed E-state index contributed by atoms with van der Waals surface area (Å²) in [6.07, 6.45) is 0. The molecule has 0 aliphatic carbocycles. The van der Waals surface area contributed by atoms with E-state index in [0.717, 1.165) is 5.69 Å². The molecule has 0 N–H and O–H groups in total. The zero-order valence-corrected chi connectivity index (χ0v) is 9.82. The second-order valence-corrected chi connectivity index (χ2v) is 4.02. The van der Waals surface area contributed by atoms with Crippen LogP contribution in [0.25, 0.3) is 5.69 Å². The molecule has 4 heteroatoms. The molecule has 0 spiro atoms. The Hall–Kier alpha value is -1.61. The second-order valence-electron chi connectivity index (χ2n) is 3.61. The molecule has 1 aromatic carbocycles. The second kappa shape index (κ2) is 4.10. The maximum atomic E-state index is 11.8. The van der Waals surface area contributed by atoms with E-state index in [9.17, 15) is 4.79 Å². The maximum absolute atomic E-state index is 11.8. The minimum absolute atomic E-state index is 0.300. The molecule has 0 bridgehead atoms. The van der Waals surface area contributed by atoms with Gasteiger partial charge >= 0.3 is 5.69 Å². The number of benzene rings is 1. The summed E-state index contributed by atoms with van der Waals surface area (Å²) in [7, 11) is 0. The van der Waals surface area contributed by atoms with Gasteiger partial charge in [0.05, 0.1) is 10.7 Å². The lowest BCUT2D eigenvalue weighted by molar-refractivity contribution is 0.855. The third-order valence-electron chi connectivity index (χ3n) is 2.33. The first kappa shape index (κ1) is 10.9. The average Bonchev–Trinajstić information content (AvgIpc) is 2.19. The van der Waals surface area contributed by atoms with E-state index >= 15 is 0 Å². The monoisotopic (exact) mass is 234 g/mol. The fourth-order valence-electron chi connectivity index (χ4n) is 1.68. The molecule has 0 aliphatic heterocycles. The van der Waals surface area contributed by atoms with Crippen LogP contribution >= 0.6 is 11.6 Å². The Kier molecular flexibility index (Phi) is 2.79. The summed E-state index contributed by atoms with van der Waals surface area (Å²) >= 11 is 6.06. The molecule has 16 heavy (non-hydrogen) atoms. The van der Waals surface area contributed by atoms with Crippen LogP contribution in [-0.2, 0) is 0 Å². The summed E-state index contributed by atoms with van der Waals surface area (Å²) in [5.74, 6) is 0. The predicted molar refractivity (Wildman–Crippen MR) is 64.3 cm³/mol. The van der Waals surface area contributed by atoms with Crippen LogP contribution in [0.3, 0.4) is 0 Å². The van der Waals surface area contributed by atoms with Gasteiger partial charge in [-0.3, -0.25) is 4.57 Å². The highest BCUT2D eigenvalue weighted by Gasteiger charge is 2.07. The lowest BCUT2D eigenvalue weighted by Gasteiger charge is -2.10. The summed E-state index contributed by atoms with van der Waals surface area (Å²) in [5, 5.41) is 0.540. The molecule has 82 valence electrons. The van der Waals surface area contributed by atoms with Crippen LogP contribution < -0.4 is 5.69 Å². The van der Waals surface area contributed by atoms with Crippen LogP contribution in [-0.4, -0.2) is 9.55 Å². The van der Waals surface area contributed by atoms with Gasteiger partial charge < -0.3 is 0 Å². The molecule has 1 aromatic heterocycles. The molecule has 0 unspecified atom stereocenters. The number of hydrogen-bond donors (Lipinski definition) is 0. The van der Waals surface area contributed by atoms with Crippen molar-refractivity contribution in [2.45, 2.75) is 13.8 Å². The van der Waals surface area contributed by atoms with E-state index in [-0.39, 0.29) is 5.69 Å². The number of rotatable bonds is 1. The highest BCUT2D eigenvalue weighted by molar-refractivity contribution is 6.32. The van der Waals surface area contributed by atoms with Crippen molar-refractivity contribution in [2.24, 2.45) is 0 Å². The Morgan fingerprint density at radius 3 is 2.56 bits per heavy atom. The van der Waals surface area contributed by atoms with E-state index in [1.165, 1.54) is 4.57 Å². The normalized spacial score (nSPS) is 10.4. The van der Waals surface area contributed by atoms with E-state index in [2.05, 4.69) is 4.98 Å². The van der Waals surface area contributed by atoms with Crippen LogP contribution in [0.2, 0.25) is 5.02 Å². The van der Waals surface area contributed by atoms with Crippen molar-refractivity contribution in [2.75, 3.05) is 0 Å². The molecule has 0 saturated carbocycles. The maximum Gasteiger partial charge on any atom is 0.352 e. The molecule has 3 nitrogen and oxygen atoms in total. The summed E-state index contributed by atoms with van der Waals surface area (Å²) < 4.78 is 1.51. The van der Waals surface area contributed by atoms with E-state index in [0.29, 0.717) is 16.4 Å². The van der Waals surface area contributed by atoms with Crippen LogP contribution in [0.15, 0.2) is 35.1 Å². The summed E-state index contributed by atoms with van der Waals surface area (Å²) in [6.45, 7) is 3.66. The summed E-state index contributed by atoms with van der Waals surface area (Å²) in [5.41, 5.74) is 1.90. The number of para-hydroxylation sites is 1. The van der Waals surface area contributed by atoms with Crippen molar-refractivity contribution in [3.05, 3.63) is 57.2 Å². The smallest absolute Gasteiger partial charge is 0.264 e. The van der Waals surface area contributed by atoms with Gasteiger partial charge in [0.2, 0.25) is 0 Å². The molecule has 2 aromatic rings. The molecule has 0 atom stereocenters. The lowest BCUT2D eigenvalue weighted by atomic mass is 10.3. The molecule has 0 aliphatic rings. The molecule has 0 amide bonds. The minimum Gasteiger partial charge on any atom is -0.264 e. The van der Waals surface area contributed by atoms with Gasteiger partial charge in [-0.2, -0.15) is 4.98 Å². The number of hydrogen-bond acceptors (Lipinski definition) is 2. The number of halogens is 1. The standard InChI is InChI=1S/C12H11ClN2O/c1-8-7-9(2)15(12(16)14-8)11-6-4-3-5-10(11)13/h3-7H,1-2H3. The van der Waals surface area contributed by atoms with Gasteiger partial charge in [-0.25, -0.2) is 4.79 Å². The van der Waals surface area contributed by atoms with Gasteiger partial charge in [-0.05, 0) is 32.0 Å². The van der Waals surface area contributed by atoms with Crippen molar-refractivity contribution in [1.82, 2.24) is 9.55 Å². The fraction of sp³-hybridized carbons (Fsp3) is 0.167. The zero-order chi connectivity index (χ0) is 11.7. The fourth-order valence-corrected chi connectivity index (χ4v) is 1.90. The first-order valence-electron chi connectivity index (χ1n) is 4.92. The van der Waals surface area contributed by atoms with Gasteiger partial charge in [0.1, 0.15) is 0 Å². The van der Waals surface area contributed by atoms with Gasteiger partial charge in [0.25, 0.3) is 0 Å². The van der Waals surface area contributed by atoms with E-state index in [4.69, 9.17) is 11.6 Å². The predicted octanol–water partition coefficient (Wildman–Crippen LogP) is 2.50. The van der Waals surface area contributed by atoms with Crippen LogP contribution in [0.4, 0.5) is 0 Å². The molecule has 0 saturated heterocycles. The molecule has 1 heterocycles. The number of aromatic nitrogens is 2. The quantitative estimate of drug-likeness (QED) is 0.760. The molecule has 0 radical (unpaired) electrons. The Bertz CT molecular complexity index is 590. The Morgan fingerprint density at radius 2 is 1.94 bits per heavy atom. The Morgan fingerprint density at radius 1 is 1.25 bits per heavy atom. The van der Waals surface area contributed by atoms with Crippen LogP contribution in [0, 0.1) is 13.8 Å². The first-order valence-corrected chi connectivity index (χ1v) is 5.29. The van der Waals surface area contributed by atoms with Gasteiger partial charge in [-0.1, -0.05) is 23.7 Å². The van der Waals surface area contributed by atoms with Crippen molar-refractivity contribution in [3.63, 3.8) is 0 Å². The van der Waals surface area contributed by atoms with Gasteiger partial charge in [0.15, 0.2) is 0 Å². The summed E-state index contributed by atoms with van der Waals surface area (Å²) in [4.78, 5) is 15.7. The van der Waals surface area contributed by atoms with Crippen LogP contribution in [0.5, 0.6) is 0 Å². The van der Waals surface area contributed by atoms with E-state index < -0.39 is 0 Å². The van der Waals surface area contributed by atoms with Gasteiger partial charge in [-0.15, -0.1) is 0 Å². The zero-order valence-electron chi connectivity index (χ0n) is 9.07. The van der Waals surface area contributed by atoms with Crippen LogP contribution in [0.1, 0.15) is 11.4 Å². The average molecular weight is 235 g/mol. The Labute approximate surface area is 98.3 Å². The van der Waals surface area contributed by atoms with Gasteiger partial charge in [0, 0.05) is 11.4 Å². The molecule has 0 fully saturated rings. The topological polar surface area (TPSA) is 34.9 Å². The molecular formula is C12H11ClN2O. The SMILES string of the molecule is Cc1cc(C)n(-c2ccccc2Cl)c(=O)n1. The lowest BCUT2D eigenvalue weighted by Crippen LogP contribution is -2.24. The van der Waals surface area contributed by atoms with E-state index in [1.807, 2.05) is 25.1 Å². The van der Waals surface area contributed by atoms with Crippen molar-refractivity contribution >= 4 is 11.6 Å². The van der Waals surface area contributed by atoms with E-state index in [1.54, 1.807) is 19.1 Å². The minimum atomic E-state index is -0.300. The highest BCUT2D eigenvalue weighted by atomic mass is 35.5. The number of aryl methyl sites for hydroxylation is 2. The first-order chi connectivity index (χ1) is 7.59. The van der Waals surface area contributed by atoms with Crippen molar-refractivity contribution < 1.29 is 0 Å². The Balaban J connectivity index is 2.75. The van der Waals surface area contributed by atoms with Crippen molar-refractivity contribution in [3.8, 4) is 5.69 Å². The summed E-state index contributed by atoms with van der Waals surface area (Å²) in [6, 6.07) is 9.07. The molecule has 2 rings (SSSR count). The molecular weight excluding hydrogens is 224 g/mol. The van der Waals surface area contributed by atoms with Crippen molar-refractivity contribution in [1.29, 1.82) is 0 Å². The number of nitrogens with zero attached hydrogens (tertiary/aromatic N) is 2. The highest BCUT2D eigenvalue weighted by Crippen LogP contribution is 2.19.